The van der Waals surface area contributed by atoms with Gasteiger partial charge in [0.05, 0.1) is 17.7 Å². The van der Waals surface area contributed by atoms with Gasteiger partial charge in [0.25, 0.3) is 0 Å². The molecule has 1 unspecified atom stereocenters. The van der Waals surface area contributed by atoms with Crippen molar-refractivity contribution in [1.29, 1.82) is 0 Å². The summed E-state index contributed by atoms with van der Waals surface area (Å²) in [6, 6.07) is 6.17. The molecule has 19 heavy (non-hydrogen) atoms. The SMILES string of the molecule is C#CC(C)OC(=O)c1cccc(C(=O)OCCC)c1. The van der Waals surface area contributed by atoms with E-state index < -0.39 is 18.0 Å². The van der Waals surface area contributed by atoms with Gasteiger partial charge in [0.2, 0.25) is 0 Å². The molecule has 4 heteroatoms. The zero-order chi connectivity index (χ0) is 14.3. The molecule has 0 aliphatic heterocycles. The van der Waals surface area contributed by atoms with Crippen molar-refractivity contribution in [2.24, 2.45) is 0 Å². The van der Waals surface area contributed by atoms with Crippen molar-refractivity contribution >= 4 is 11.9 Å². The number of ether oxygens (including phenoxy) is 2. The fourth-order valence-electron chi connectivity index (χ4n) is 1.31. The quantitative estimate of drug-likeness (QED) is 0.602. The highest BCUT2D eigenvalue weighted by atomic mass is 16.5. The van der Waals surface area contributed by atoms with Crippen LogP contribution in [0.15, 0.2) is 24.3 Å². The van der Waals surface area contributed by atoms with Gasteiger partial charge in [0.1, 0.15) is 0 Å². The molecule has 1 aromatic carbocycles. The van der Waals surface area contributed by atoms with Gasteiger partial charge in [-0.25, -0.2) is 9.59 Å². The van der Waals surface area contributed by atoms with E-state index in [1.165, 1.54) is 6.07 Å². The molecule has 100 valence electrons. The summed E-state index contributed by atoms with van der Waals surface area (Å²) in [6.07, 6.45) is 5.27. The van der Waals surface area contributed by atoms with Crippen LogP contribution in [-0.4, -0.2) is 24.6 Å². The highest BCUT2D eigenvalue weighted by molar-refractivity contribution is 5.95. The number of rotatable bonds is 5. The van der Waals surface area contributed by atoms with Crippen molar-refractivity contribution < 1.29 is 19.1 Å². The van der Waals surface area contributed by atoms with E-state index in [0.717, 1.165) is 6.42 Å². The summed E-state index contributed by atoms with van der Waals surface area (Å²) in [5.74, 6) is 1.28. The molecule has 0 bridgehead atoms. The highest BCUT2D eigenvalue weighted by Crippen LogP contribution is 2.09. The Morgan fingerprint density at radius 3 is 2.53 bits per heavy atom. The maximum absolute atomic E-state index is 11.7. The zero-order valence-corrected chi connectivity index (χ0v) is 11.0. The van der Waals surface area contributed by atoms with Crippen molar-refractivity contribution in [3.8, 4) is 12.3 Å². The van der Waals surface area contributed by atoms with Gasteiger partial charge in [-0.2, -0.15) is 0 Å². The fourth-order valence-corrected chi connectivity index (χ4v) is 1.31. The van der Waals surface area contributed by atoms with Gasteiger partial charge in [-0.3, -0.25) is 0 Å². The molecule has 0 aromatic heterocycles. The molecule has 0 heterocycles. The Morgan fingerprint density at radius 2 is 1.95 bits per heavy atom. The zero-order valence-electron chi connectivity index (χ0n) is 11.0. The second-order valence-corrected chi connectivity index (χ2v) is 3.93. The van der Waals surface area contributed by atoms with Gasteiger partial charge in [-0.15, -0.1) is 6.42 Å². The number of esters is 2. The molecule has 0 aliphatic carbocycles. The molecule has 0 saturated carbocycles. The van der Waals surface area contributed by atoms with Gasteiger partial charge in [0, 0.05) is 0 Å². The topological polar surface area (TPSA) is 52.6 Å². The van der Waals surface area contributed by atoms with Gasteiger partial charge < -0.3 is 9.47 Å². The Bertz CT molecular complexity index is 499. The van der Waals surface area contributed by atoms with Crippen LogP contribution < -0.4 is 0 Å². The lowest BCUT2D eigenvalue weighted by molar-refractivity contribution is 0.0439. The first kappa shape index (κ1) is 14.8. The predicted molar refractivity (Wildman–Crippen MR) is 70.7 cm³/mol. The van der Waals surface area contributed by atoms with Crippen molar-refractivity contribution in [3.05, 3.63) is 35.4 Å². The third-order valence-corrected chi connectivity index (χ3v) is 2.29. The standard InChI is InChI=1S/C15H16O4/c1-4-9-18-14(16)12-7-6-8-13(10-12)15(17)19-11(3)5-2/h2,6-8,10-11H,4,9H2,1,3H3. The third kappa shape index (κ3) is 4.47. The average Bonchev–Trinajstić information content (AvgIpc) is 2.44. The molecule has 0 aliphatic rings. The third-order valence-electron chi connectivity index (χ3n) is 2.29. The Kier molecular flexibility index (Phi) is 5.62. The Hall–Kier alpha value is -2.28. The predicted octanol–water partition coefficient (Wildman–Crippen LogP) is 2.43. The number of benzene rings is 1. The van der Waals surface area contributed by atoms with E-state index in [0.29, 0.717) is 12.2 Å². The van der Waals surface area contributed by atoms with Crippen LogP contribution in [0.4, 0.5) is 0 Å². The van der Waals surface area contributed by atoms with Crippen LogP contribution in [0.25, 0.3) is 0 Å². The maximum atomic E-state index is 11.7. The first-order valence-corrected chi connectivity index (χ1v) is 6.02. The molecule has 0 N–H and O–H groups in total. The average molecular weight is 260 g/mol. The normalized spacial score (nSPS) is 11.2. The first-order valence-electron chi connectivity index (χ1n) is 6.02. The minimum absolute atomic E-state index is 0.271. The summed E-state index contributed by atoms with van der Waals surface area (Å²) >= 11 is 0. The molecule has 0 spiro atoms. The summed E-state index contributed by atoms with van der Waals surface area (Å²) in [4.78, 5) is 23.4. The van der Waals surface area contributed by atoms with E-state index >= 15 is 0 Å². The molecule has 1 atom stereocenters. The molecular formula is C15H16O4. The number of hydrogen-bond acceptors (Lipinski definition) is 4. The maximum Gasteiger partial charge on any atom is 0.339 e. The van der Waals surface area contributed by atoms with Crippen LogP contribution in [0.2, 0.25) is 0 Å². The van der Waals surface area contributed by atoms with Crippen LogP contribution in [0.5, 0.6) is 0 Å². The minimum Gasteiger partial charge on any atom is -0.462 e. The van der Waals surface area contributed by atoms with Crippen molar-refractivity contribution in [3.63, 3.8) is 0 Å². The van der Waals surface area contributed by atoms with Crippen LogP contribution in [-0.2, 0) is 9.47 Å². The summed E-state index contributed by atoms with van der Waals surface area (Å²) < 4.78 is 9.97. The minimum atomic E-state index is -0.608. The van der Waals surface area contributed by atoms with Crippen molar-refractivity contribution in [2.75, 3.05) is 6.61 Å². The summed E-state index contributed by atoms with van der Waals surface area (Å²) in [7, 11) is 0. The summed E-state index contributed by atoms with van der Waals surface area (Å²) in [5, 5.41) is 0. The summed E-state index contributed by atoms with van der Waals surface area (Å²) in [5.41, 5.74) is 0.587. The van der Waals surface area contributed by atoms with E-state index in [9.17, 15) is 9.59 Å². The number of carbonyl (C=O) groups is 2. The molecular weight excluding hydrogens is 244 g/mol. The van der Waals surface area contributed by atoms with E-state index in [4.69, 9.17) is 15.9 Å². The number of hydrogen-bond donors (Lipinski definition) is 0. The lowest BCUT2D eigenvalue weighted by Gasteiger charge is -2.08. The molecule has 0 radical (unpaired) electrons. The van der Waals surface area contributed by atoms with Crippen LogP contribution >= 0.6 is 0 Å². The van der Waals surface area contributed by atoms with E-state index in [1.54, 1.807) is 25.1 Å². The van der Waals surface area contributed by atoms with E-state index in [2.05, 4.69) is 5.92 Å². The molecule has 0 saturated heterocycles. The molecule has 0 fully saturated rings. The molecule has 1 rings (SSSR count). The van der Waals surface area contributed by atoms with Crippen LogP contribution in [0, 0.1) is 12.3 Å². The second-order valence-electron chi connectivity index (χ2n) is 3.93. The van der Waals surface area contributed by atoms with Gasteiger partial charge in [-0.1, -0.05) is 18.9 Å². The lowest BCUT2D eigenvalue weighted by atomic mass is 10.1. The van der Waals surface area contributed by atoms with Crippen molar-refractivity contribution in [1.82, 2.24) is 0 Å². The van der Waals surface area contributed by atoms with E-state index in [-0.39, 0.29) is 5.56 Å². The molecule has 0 amide bonds. The number of carbonyl (C=O) groups excluding carboxylic acids is 2. The summed E-state index contributed by atoms with van der Waals surface area (Å²) in [6.45, 7) is 3.85. The van der Waals surface area contributed by atoms with Gasteiger partial charge in [-0.05, 0) is 31.5 Å². The first-order chi connectivity index (χ1) is 9.08. The largest absolute Gasteiger partial charge is 0.462 e. The Labute approximate surface area is 112 Å². The van der Waals surface area contributed by atoms with Gasteiger partial charge in [0.15, 0.2) is 6.10 Å². The van der Waals surface area contributed by atoms with E-state index in [1.807, 2.05) is 6.92 Å². The molecule has 1 aromatic rings. The van der Waals surface area contributed by atoms with Crippen LogP contribution in [0.1, 0.15) is 41.0 Å². The number of terminal acetylenes is 1. The highest BCUT2D eigenvalue weighted by Gasteiger charge is 2.13. The fraction of sp³-hybridized carbons (Fsp3) is 0.333. The Morgan fingerprint density at radius 1 is 1.32 bits per heavy atom. The van der Waals surface area contributed by atoms with Crippen LogP contribution in [0.3, 0.4) is 0 Å². The molecule has 4 nitrogen and oxygen atoms in total. The Balaban J connectivity index is 2.80. The van der Waals surface area contributed by atoms with Gasteiger partial charge >= 0.3 is 11.9 Å². The van der Waals surface area contributed by atoms with Crippen molar-refractivity contribution in [2.45, 2.75) is 26.4 Å². The smallest absolute Gasteiger partial charge is 0.339 e. The second kappa shape index (κ2) is 7.22. The lowest BCUT2D eigenvalue weighted by Crippen LogP contribution is -2.14. The monoisotopic (exact) mass is 260 g/mol.